The molecule has 0 amide bonds. The van der Waals surface area contributed by atoms with E-state index < -0.39 is 0 Å². The lowest BCUT2D eigenvalue weighted by atomic mass is 9.77. The molecule has 0 saturated heterocycles. The van der Waals surface area contributed by atoms with E-state index in [4.69, 9.17) is 10.6 Å². The van der Waals surface area contributed by atoms with Gasteiger partial charge in [-0.05, 0) is 25.2 Å². The number of methoxy groups -OCH3 is 1. The second-order valence-corrected chi connectivity index (χ2v) is 6.64. The third-order valence-electron chi connectivity index (χ3n) is 5.49. The molecule has 1 atom stereocenters. The van der Waals surface area contributed by atoms with Crippen molar-refractivity contribution in [3.05, 3.63) is 0 Å². The third kappa shape index (κ3) is 3.93. The smallest absolute Gasteiger partial charge is 0.0844 e. The van der Waals surface area contributed by atoms with Crippen LogP contribution in [0.5, 0.6) is 0 Å². The Labute approximate surface area is 118 Å². The number of rotatable bonds is 5. The second kappa shape index (κ2) is 7.61. The zero-order chi connectivity index (χ0) is 13.6. The van der Waals surface area contributed by atoms with Gasteiger partial charge in [-0.3, -0.25) is 11.3 Å². The Kier molecular flexibility index (Phi) is 6.11. The second-order valence-electron chi connectivity index (χ2n) is 6.64. The summed E-state index contributed by atoms with van der Waals surface area (Å²) in [6, 6.07) is 0.332. The highest BCUT2D eigenvalue weighted by Gasteiger charge is 2.39. The quantitative estimate of drug-likeness (QED) is 0.455. The Balaban J connectivity index is 1.99. The molecular weight excluding hydrogens is 236 g/mol. The normalized spacial score (nSPS) is 26.8. The third-order valence-corrected chi connectivity index (χ3v) is 5.49. The average Bonchev–Trinajstić information content (AvgIpc) is 2.72. The van der Waals surface area contributed by atoms with Crippen molar-refractivity contribution < 1.29 is 4.74 Å². The fraction of sp³-hybridized carbons (Fsp3) is 1.00. The molecule has 2 aliphatic carbocycles. The van der Waals surface area contributed by atoms with Gasteiger partial charge in [-0.1, -0.05) is 57.8 Å². The molecule has 3 nitrogen and oxygen atoms in total. The molecule has 112 valence electrons. The van der Waals surface area contributed by atoms with Gasteiger partial charge in [0.05, 0.1) is 11.6 Å². The molecule has 2 aliphatic rings. The molecule has 0 aromatic carbocycles. The molecule has 0 spiro atoms. The van der Waals surface area contributed by atoms with Crippen LogP contribution in [0.4, 0.5) is 0 Å². The van der Waals surface area contributed by atoms with Crippen molar-refractivity contribution >= 4 is 0 Å². The zero-order valence-electron chi connectivity index (χ0n) is 12.6. The van der Waals surface area contributed by atoms with E-state index in [1.54, 1.807) is 0 Å². The minimum Gasteiger partial charge on any atom is -0.377 e. The van der Waals surface area contributed by atoms with Gasteiger partial charge in [-0.15, -0.1) is 0 Å². The van der Waals surface area contributed by atoms with E-state index >= 15 is 0 Å². The van der Waals surface area contributed by atoms with Crippen LogP contribution in [0.1, 0.15) is 77.0 Å². The molecule has 0 aromatic heterocycles. The Bertz CT molecular complexity index is 243. The number of hydrogen-bond acceptors (Lipinski definition) is 3. The maximum atomic E-state index is 6.01. The fourth-order valence-corrected chi connectivity index (χ4v) is 4.21. The molecule has 2 fully saturated rings. The van der Waals surface area contributed by atoms with Gasteiger partial charge in [-0.25, -0.2) is 0 Å². The van der Waals surface area contributed by atoms with E-state index in [1.165, 1.54) is 77.0 Å². The van der Waals surface area contributed by atoms with E-state index in [0.29, 0.717) is 6.04 Å². The summed E-state index contributed by atoms with van der Waals surface area (Å²) in [5, 5.41) is 0. The molecule has 2 rings (SSSR count). The Hall–Kier alpha value is -0.120. The first-order valence-electron chi connectivity index (χ1n) is 8.32. The van der Waals surface area contributed by atoms with E-state index in [-0.39, 0.29) is 5.60 Å². The molecule has 0 radical (unpaired) electrons. The molecule has 3 heteroatoms. The van der Waals surface area contributed by atoms with Gasteiger partial charge in [0.25, 0.3) is 0 Å². The summed E-state index contributed by atoms with van der Waals surface area (Å²) in [6.45, 7) is 0. The highest BCUT2D eigenvalue weighted by molar-refractivity contribution is 4.94. The largest absolute Gasteiger partial charge is 0.377 e. The summed E-state index contributed by atoms with van der Waals surface area (Å²) in [6.07, 6.45) is 15.8. The van der Waals surface area contributed by atoms with Gasteiger partial charge in [0, 0.05) is 7.11 Å². The standard InChI is InChI=1S/C16H32N2O/c1-19-16(11-7-2-3-8-12-16)15(18-17)13-14-9-5-4-6-10-14/h14-15,18H,2-13,17H2,1H3. The van der Waals surface area contributed by atoms with E-state index in [9.17, 15) is 0 Å². The Morgan fingerprint density at radius 3 is 2.16 bits per heavy atom. The lowest BCUT2D eigenvalue weighted by Gasteiger charge is -2.41. The van der Waals surface area contributed by atoms with Gasteiger partial charge >= 0.3 is 0 Å². The van der Waals surface area contributed by atoms with E-state index in [2.05, 4.69) is 5.43 Å². The maximum Gasteiger partial charge on any atom is 0.0844 e. The van der Waals surface area contributed by atoms with Crippen molar-refractivity contribution in [1.82, 2.24) is 5.43 Å². The molecule has 3 N–H and O–H groups in total. The van der Waals surface area contributed by atoms with Crippen LogP contribution in [0, 0.1) is 5.92 Å². The van der Waals surface area contributed by atoms with Crippen LogP contribution in [-0.4, -0.2) is 18.8 Å². The van der Waals surface area contributed by atoms with E-state index in [1.807, 2.05) is 7.11 Å². The molecule has 0 heterocycles. The van der Waals surface area contributed by atoms with Crippen LogP contribution in [0.25, 0.3) is 0 Å². The van der Waals surface area contributed by atoms with E-state index in [0.717, 1.165) is 5.92 Å². The number of nitrogens with two attached hydrogens (primary N) is 1. The number of ether oxygens (including phenoxy) is 1. The zero-order valence-corrected chi connectivity index (χ0v) is 12.6. The average molecular weight is 268 g/mol. The topological polar surface area (TPSA) is 47.3 Å². The summed E-state index contributed by atoms with van der Waals surface area (Å²) in [4.78, 5) is 0. The summed E-state index contributed by atoms with van der Waals surface area (Å²) < 4.78 is 6.01. The minimum absolute atomic E-state index is 0.0112. The van der Waals surface area contributed by atoms with Crippen LogP contribution in [0.15, 0.2) is 0 Å². The first-order valence-corrected chi connectivity index (χ1v) is 8.32. The van der Waals surface area contributed by atoms with Gasteiger partial charge in [0.2, 0.25) is 0 Å². The van der Waals surface area contributed by atoms with Crippen molar-refractivity contribution in [3.8, 4) is 0 Å². The van der Waals surface area contributed by atoms with Gasteiger partial charge in [-0.2, -0.15) is 0 Å². The van der Waals surface area contributed by atoms with Crippen LogP contribution in [-0.2, 0) is 4.74 Å². The lowest BCUT2D eigenvalue weighted by molar-refractivity contribution is -0.0594. The molecular formula is C16H32N2O. The summed E-state index contributed by atoms with van der Waals surface area (Å²) >= 11 is 0. The molecule has 0 bridgehead atoms. The van der Waals surface area contributed by atoms with Crippen LogP contribution in [0.3, 0.4) is 0 Å². The highest BCUT2D eigenvalue weighted by atomic mass is 16.5. The fourth-order valence-electron chi connectivity index (χ4n) is 4.21. The SMILES string of the molecule is COC1(C(CC2CCCCC2)NN)CCCCCC1. The summed E-state index contributed by atoms with van der Waals surface area (Å²) in [7, 11) is 1.89. The summed E-state index contributed by atoms with van der Waals surface area (Å²) in [5.74, 6) is 6.75. The van der Waals surface area contributed by atoms with Crippen molar-refractivity contribution in [1.29, 1.82) is 0 Å². The molecule has 2 saturated carbocycles. The first-order chi connectivity index (χ1) is 9.30. The lowest BCUT2D eigenvalue weighted by Crippen LogP contribution is -2.55. The Morgan fingerprint density at radius 1 is 1.05 bits per heavy atom. The van der Waals surface area contributed by atoms with Gasteiger partial charge < -0.3 is 4.74 Å². The molecule has 19 heavy (non-hydrogen) atoms. The minimum atomic E-state index is -0.0112. The van der Waals surface area contributed by atoms with Crippen molar-refractivity contribution in [2.45, 2.75) is 88.7 Å². The van der Waals surface area contributed by atoms with Crippen molar-refractivity contribution in [2.75, 3.05) is 7.11 Å². The summed E-state index contributed by atoms with van der Waals surface area (Å²) in [5.41, 5.74) is 3.10. The number of hydrogen-bond donors (Lipinski definition) is 2. The van der Waals surface area contributed by atoms with Crippen LogP contribution in [0.2, 0.25) is 0 Å². The van der Waals surface area contributed by atoms with Crippen LogP contribution < -0.4 is 11.3 Å². The number of nitrogens with one attached hydrogen (secondary N) is 1. The van der Waals surface area contributed by atoms with Crippen molar-refractivity contribution in [3.63, 3.8) is 0 Å². The van der Waals surface area contributed by atoms with Gasteiger partial charge in [0.1, 0.15) is 0 Å². The van der Waals surface area contributed by atoms with Crippen molar-refractivity contribution in [2.24, 2.45) is 11.8 Å². The highest BCUT2D eigenvalue weighted by Crippen LogP contribution is 2.37. The van der Waals surface area contributed by atoms with Crippen LogP contribution >= 0.6 is 0 Å². The predicted octanol–water partition coefficient (Wildman–Crippen LogP) is 3.53. The monoisotopic (exact) mass is 268 g/mol. The Morgan fingerprint density at radius 2 is 1.63 bits per heavy atom. The molecule has 1 unspecified atom stereocenters. The van der Waals surface area contributed by atoms with Gasteiger partial charge in [0.15, 0.2) is 0 Å². The maximum absolute atomic E-state index is 6.01. The number of hydrazine groups is 1. The molecule has 0 aromatic rings. The molecule has 0 aliphatic heterocycles. The first kappa shape index (κ1) is 15.3. The predicted molar refractivity (Wildman–Crippen MR) is 79.7 cm³/mol.